The zero-order valence-corrected chi connectivity index (χ0v) is 22.2. The van der Waals surface area contributed by atoms with Crippen LogP contribution < -0.4 is 4.90 Å². The third kappa shape index (κ3) is 3.94. The fourth-order valence-corrected chi connectivity index (χ4v) is 6.36. The van der Waals surface area contributed by atoms with Crippen LogP contribution in [0.1, 0.15) is 60.4 Å². The molecule has 2 aliphatic rings. The van der Waals surface area contributed by atoms with E-state index in [1.807, 2.05) is 26.2 Å². The molecule has 1 fully saturated rings. The summed E-state index contributed by atoms with van der Waals surface area (Å²) in [6.07, 6.45) is 0. The number of nitriles is 1. The number of H-pyrrole nitrogens is 1. The van der Waals surface area contributed by atoms with Gasteiger partial charge in [-0.1, -0.05) is 19.9 Å². The fourth-order valence-electron chi connectivity index (χ4n) is 5.51. The van der Waals surface area contributed by atoms with Gasteiger partial charge in [-0.25, -0.2) is 0 Å². The number of benzene rings is 2. The van der Waals surface area contributed by atoms with Crippen LogP contribution in [0.4, 0.5) is 5.69 Å². The molecule has 0 radical (unpaired) electrons. The number of ketones is 1. The average Bonchev–Trinajstić information content (AvgIpc) is 3.22. The van der Waals surface area contributed by atoms with Crippen LogP contribution in [0.2, 0.25) is 0 Å². The van der Waals surface area contributed by atoms with Crippen molar-refractivity contribution in [2.75, 3.05) is 45.2 Å². The lowest BCUT2D eigenvalue weighted by Crippen LogP contribution is -2.49. The van der Waals surface area contributed by atoms with Gasteiger partial charge in [0.2, 0.25) is 0 Å². The molecule has 2 aromatic carbocycles. The number of carbonyl (C=O) groups excluding carboxylic acids is 1. The Morgan fingerprint density at radius 1 is 1.11 bits per heavy atom. The summed E-state index contributed by atoms with van der Waals surface area (Å²) in [4.78, 5) is 23.6. The number of nitrogens with one attached hydrogen (secondary N) is 1. The smallest absolute Gasteiger partial charge is 0.195 e. The monoisotopic (exact) mass is 487 g/mol. The van der Waals surface area contributed by atoms with Gasteiger partial charge < -0.3 is 9.88 Å². The summed E-state index contributed by atoms with van der Waals surface area (Å²) in [7, 11) is 4.09. The molecular formula is C28H33N5OS. The first-order chi connectivity index (χ1) is 16.6. The summed E-state index contributed by atoms with van der Waals surface area (Å²) in [5.74, 6) is 0.0575. The van der Waals surface area contributed by atoms with E-state index in [0.717, 1.165) is 64.4 Å². The Bertz CT molecular complexity index is 1360. The predicted molar refractivity (Wildman–Crippen MR) is 143 cm³/mol. The third-order valence-electron chi connectivity index (χ3n) is 7.46. The molecule has 0 unspecified atom stereocenters. The number of piperazine rings is 1. The molecule has 2 heterocycles. The minimum Gasteiger partial charge on any atom is -0.368 e. The van der Waals surface area contributed by atoms with E-state index in [9.17, 15) is 10.1 Å². The van der Waals surface area contributed by atoms with Crippen molar-refractivity contribution >= 4 is 34.3 Å². The summed E-state index contributed by atoms with van der Waals surface area (Å²) < 4.78 is 2.09. The molecule has 0 saturated carbocycles. The van der Waals surface area contributed by atoms with Crippen molar-refractivity contribution in [2.45, 2.75) is 44.0 Å². The van der Waals surface area contributed by atoms with E-state index >= 15 is 0 Å². The highest BCUT2D eigenvalue weighted by atomic mass is 32.2. The molecule has 35 heavy (non-hydrogen) atoms. The van der Waals surface area contributed by atoms with Gasteiger partial charge in [-0.2, -0.15) is 5.26 Å². The molecule has 5 rings (SSSR count). The van der Waals surface area contributed by atoms with Gasteiger partial charge in [0, 0.05) is 64.7 Å². The highest BCUT2D eigenvalue weighted by Gasteiger charge is 2.41. The van der Waals surface area contributed by atoms with E-state index in [-0.39, 0.29) is 11.2 Å². The molecule has 6 nitrogen and oxygen atoms in total. The maximum absolute atomic E-state index is 13.9. The Labute approximate surface area is 212 Å². The van der Waals surface area contributed by atoms with Crippen molar-refractivity contribution < 1.29 is 4.79 Å². The van der Waals surface area contributed by atoms with Crippen LogP contribution in [0, 0.1) is 11.3 Å². The normalized spacial score (nSPS) is 17.7. The Balaban J connectivity index is 1.65. The number of aromatic nitrogens is 1. The first-order valence-corrected chi connectivity index (χ1v) is 13.0. The van der Waals surface area contributed by atoms with Crippen LogP contribution in [0.25, 0.3) is 10.9 Å². The number of aromatic amines is 1. The number of rotatable bonds is 4. The van der Waals surface area contributed by atoms with Crippen LogP contribution in [0.5, 0.6) is 0 Å². The van der Waals surface area contributed by atoms with Crippen LogP contribution in [0.3, 0.4) is 0 Å². The molecular weight excluding hydrogens is 454 g/mol. The largest absolute Gasteiger partial charge is 0.368 e. The minimum absolute atomic E-state index is 0.0575. The second-order valence-electron chi connectivity index (χ2n) is 10.6. The molecule has 1 aromatic heterocycles. The maximum atomic E-state index is 13.9. The Morgan fingerprint density at radius 3 is 2.46 bits per heavy atom. The van der Waals surface area contributed by atoms with Gasteiger partial charge in [0.25, 0.3) is 0 Å². The van der Waals surface area contributed by atoms with Crippen molar-refractivity contribution in [2.24, 2.45) is 0 Å². The van der Waals surface area contributed by atoms with Crippen LogP contribution in [-0.2, 0) is 5.41 Å². The number of anilines is 1. The average molecular weight is 488 g/mol. The van der Waals surface area contributed by atoms with Gasteiger partial charge in [0.15, 0.2) is 5.78 Å². The van der Waals surface area contributed by atoms with E-state index in [0.29, 0.717) is 11.6 Å². The second kappa shape index (κ2) is 8.70. The topological polar surface area (TPSA) is 66.4 Å². The van der Waals surface area contributed by atoms with Crippen molar-refractivity contribution in [3.8, 4) is 6.07 Å². The van der Waals surface area contributed by atoms with Crippen molar-refractivity contribution in [1.82, 2.24) is 14.2 Å². The lowest BCUT2D eigenvalue weighted by atomic mass is 9.71. The molecule has 0 spiro atoms. The molecule has 7 heteroatoms. The minimum atomic E-state index is -0.375. The maximum Gasteiger partial charge on any atom is 0.195 e. The van der Waals surface area contributed by atoms with Gasteiger partial charge in [-0.15, -0.1) is 0 Å². The van der Waals surface area contributed by atoms with E-state index in [2.05, 4.69) is 65.0 Å². The molecule has 1 aliphatic heterocycles. The molecule has 1 aliphatic carbocycles. The fraction of sp³-hybridized carbons (Fsp3) is 0.429. The lowest BCUT2D eigenvalue weighted by Gasteiger charge is -2.40. The number of nitrogens with zero attached hydrogens (tertiary/aromatic N) is 4. The van der Waals surface area contributed by atoms with Crippen molar-refractivity contribution in [1.29, 1.82) is 5.26 Å². The van der Waals surface area contributed by atoms with E-state index in [1.165, 1.54) is 5.69 Å². The highest BCUT2D eigenvalue weighted by molar-refractivity contribution is 7.97. The number of fused-ring (bicyclic) bond motifs is 4. The number of hydrogen-bond donors (Lipinski definition) is 1. The summed E-state index contributed by atoms with van der Waals surface area (Å²) in [6, 6.07) is 12.7. The molecule has 1 saturated heterocycles. The zero-order chi connectivity index (χ0) is 25.1. The first-order valence-electron chi connectivity index (χ1n) is 12.3. The number of carbonyl (C=O) groups is 1. The standard InChI is InChI=1S/C28H33N5OS/c1-17(2)32-9-11-33(12-10-32)23-15-21-20(14-24(23)35-31(5)6)26(34)25-19-8-7-18(16-29)13-22(19)30-27(25)28(21,3)4/h7-8,13-15,17,30H,9-12H2,1-6H3. The summed E-state index contributed by atoms with van der Waals surface area (Å²) in [5, 5.41) is 10.2. The van der Waals surface area contributed by atoms with Crippen LogP contribution >= 0.6 is 11.9 Å². The summed E-state index contributed by atoms with van der Waals surface area (Å²) in [6.45, 7) is 12.9. The van der Waals surface area contributed by atoms with Gasteiger partial charge in [0.05, 0.1) is 22.9 Å². The molecule has 182 valence electrons. The molecule has 0 atom stereocenters. The summed E-state index contributed by atoms with van der Waals surface area (Å²) >= 11 is 1.67. The summed E-state index contributed by atoms with van der Waals surface area (Å²) in [5.41, 5.74) is 5.78. The molecule has 1 N–H and O–H groups in total. The first kappa shape index (κ1) is 23.9. The van der Waals surface area contributed by atoms with E-state index in [1.54, 1.807) is 18.0 Å². The van der Waals surface area contributed by atoms with Crippen molar-refractivity contribution in [3.63, 3.8) is 0 Å². The van der Waals surface area contributed by atoms with Crippen LogP contribution in [-0.4, -0.2) is 66.3 Å². The van der Waals surface area contributed by atoms with Gasteiger partial charge in [-0.3, -0.25) is 14.0 Å². The second-order valence-corrected chi connectivity index (χ2v) is 11.9. The molecule has 3 aromatic rings. The van der Waals surface area contributed by atoms with Gasteiger partial charge in [-0.05, 0) is 69.7 Å². The van der Waals surface area contributed by atoms with Crippen molar-refractivity contribution in [3.05, 3.63) is 58.3 Å². The third-order valence-corrected chi connectivity index (χ3v) is 8.35. The van der Waals surface area contributed by atoms with Crippen LogP contribution in [0.15, 0.2) is 35.2 Å². The Kier molecular flexibility index (Phi) is 5.95. The number of hydrogen-bond acceptors (Lipinski definition) is 6. The Morgan fingerprint density at radius 2 is 1.83 bits per heavy atom. The highest BCUT2D eigenvalue weighted by Crippen LogP contribution is 2.47. The molecule has 0 bridgehead atoms. The van der Waals surface area contributed by atoms with E-state index < -0.39 is 0 Å². The zero-order valence-electron chi connectivity index (χ0n) is 21.4. The lowest BCUT2D eigenvalue weighted by molar-refractivity contribution is 0.103. The predicted octanol–water partition coefficient (Wildman–Crippen LogP) is 5.01. The van der Waals surface area contributed by atoms with E-state index in [4.69, 9.17) is 0 Å². The molecule has 0 amide bonds. The Hall–Kier alpha value is -2.79. The quantitative estimate of drug-likeness (QED) is 0.522. The van der Waals surface area contributed by atoms with Gasteiger partial charge >= 0.3 is 0 Å². The SMILES string of the molecule is CC(C)N1CCN(c2cc3c(cc2SN(C)C)C(=O)c2c([nH]c4cc(C#N)ccc24)C3(C)C)CC1. The van der Waals surface area contributed by atoms with Gasteiger partial charge in [0.1, 0.15) is 0 Å².